The van der Waals surface area contributed by atoms with Crippen molar-refractivity contribution in [3.05, 3.63) is 199 Å². The lowest BCUT2D eigenvalue weighted by molar-refractivity contribution is 0.409. The second kappa shape index (κ2) is 11.9. The molecule has 250 valence electrons. The zero-order valence-electron chi connectivity index (χ0n) is 28.9. The molecule has 1 aromatic heterocycles. The Hall–Kier alpha value is -6.75. The molecule has 8 aromatic carbocycles. The van der Waals surface area contributed by atoms with E-state index in [0.717, 1.165) is 28.2 Å². The lowest BCUT2D eigenvalue weighted by Gasteiger charge is -2.32. The van der Waals surface area contributed by atoms with Crippen LogP contribution in [0.4, 0.5) is 0 Å². The van der Waals surface area contributed by atoms with Gasteiger partial charge in [-0.15, -0.1) is 0 Å². The zero-order valence-corrected chi connectivity index (χ0v) is 28.9. The van der Waals surface area contributed by atoms with Crippen LogP contribution in [0.2, 0.25) is 0 Å². The highest BCUT2D eigenvalue weighted by molar-refractivity contribution is 6.29. The number of nitrogens with one attached hydrogen (secondary N) is 2. The van der Waals surface area contributed by atoms with Crippen molar-refractivity contribution in [3.63, 3.8) is 0 Å². The molecule has 4 nitrogen and oxygen atoms in total. The summed E-state index contributed by atoms with van der Waals surface area (Å²) in [5.74, 6) is 0.883. The molecule has 0 bridgehead atoms. The monoisotopic (exact) mass is 678 g/mol. The molecule has 1 aliphatic heterocycles. The van der Waals surface area contributed by atoms with E-state index in [1.807, 2.05) is 12.1 Å². The number of rotatable bonds is 5. The normalized spacial score (nSPS) is 16.1. The van der Waals surface area contributed by atoms with Crippen LogP contribution in [0.25, 0.3) is 71.6 Å². The van der Waals surface area contributed by atoms with Gasteiger partial charge in [0.25, 0.3) is 0 Å². The Morgan fingerprint density at radius 2 is 1.06 bits per heavy atom. The van der Waals surface area contributed by atoms with Crippen LogP contribution in [-0.2, 0) is 0 Å². The molecule has 0 saturated carbocycles. The second-order valence-corrected chi connectivity index (χ2v) is 14.0. The molecular formula is C49H34N4. The first-order valence-corrected chi connectivity index (χ1v) is 18.3. The van der Waals surface area contributed by atoms with Gasteiger partial charge >= 0.3 is 0 Å². The van der Waals surface area contributed by atoms with Crippen molar-refractivity contribution in [1.29, 1.82) is 0 Å². The lowest BCUT2D eigenvalue weighted by atomic mass is 9.89. The molecule has 2 atom stereocenters. The smallest absolute Gasteiger partial charge is 0.131 e. The average molecular weight is 679 g/mol. The fraction of sp³-hybridized carbons (Fsp3) is 0.0408. The molecule has 0 amide bonds. The van der Waals surface area contributed by atoms with Crippen molar-refractivity contribution in [2.75, 3.05) is 0 Å². The predicted molar refractivity (Wildman–Crippen MR) is 219 cm³/mol. The van der Waals surface area contributed by atoms with E-state index in [-0.39, 0.29) is 12.3 Å². The number of aliphatic imine (C=N–C) groups is 1. The Bertz CT molecular complexity index is 2870. The van der Waals surface area contributed by atoms with E-state index in [2.05, 4.69) is 185 Å². The fourth-order valence-electron chi connectivity index (χ4n) is 8.66. The standard InChI is InChI=1S/C49H34N4/c1-4-13-31(14-5-1)37-29-30-42-46-44(37)40-23-11-20-32-19-10-21-38(43(32)40)39-22-12-24-41(45(39)46)53(42)36-27-25-35(26-28-36)49-51-47(33-15-6-2-7-16-33)50-48(52-49)34-17-8-3-9-18-34/h1-30,47,49,51H,(H,50,52). The summed E-state index contributed by atoms with van der Waals surface area (Å²) in [6.45, 7) is 0. The van der Waals surface area contributed by atoms with Gasteiger partial charge in [0, 0.05) is 27.6 Å². The summed E-state index contributed by atoms with van der Waals surface area (Å²) < 4.78 is 2.45. The minimum absolute atomic E-state index is 0.130. The van der Waals surface area contributed by atoms with Gasteiger partial charge in [0.05, 0.1) is 11.0 Å². The lowest BCUT2D eigenvalue weighted by Crippen LogP contribution is -2.44. The topological polar surface area (TPSA) is 41.4 Å². The molecule has 4 heteroatoms. The van der Waals surface area contributed by atoms with E-state index in [0.29, 0.717) is 0 Å². The van der Waals surface area contributed by atoms with E-state index in [1.165, 1.54) is 66.0 Å². The Labute approximate surface area is 307 Å². The van der Waals surface area contributed by atoms with Crippen LogP contribution < -0.4 is 10.6 Å². The Kier molecular flexibility index (Phi) is 6.73. The second-order valence-electron chi connectivity index (χ2n) is 14.0. The Balaban J connectivity index is 1.09. The maximum Gasteiger partial charge on any atom is 0.131 e. The minimum atomic E-state index is -0.178. The first-order chi connectivity index (χ1) is 26.3. The summed E-state index contributed by atoms with van der Waals surface area (Å²) in [6, 6.07) is 65.7. The molecule has 0 radical (unpaired) electrons. The van der Waals surface area contributed by atoms with E-state index in [4.69, 9.17) is 4.99 Å². The number of fused-ring (bicyclic) bond motifs is 2. The first kappa shape index (κ1) is 29.9. The number of amidine groups is 1. The number of nitrogens with zero attached hydrogens (tertiary/aromatic N) is 2. The molecule has 0 fully saturated rings. The van der Waals surface area contributed by atoms with Gasteiger partial charge in [-0.2, -0.15) is 0 Å². The Morgan fingerprint density at radius 3 is 1.79 bits per heavy atom. The first-order valence-electron chi connectivity index (χ1n) is 18.3. The predicted octanol–water partition coefficient (Wildman–Crippen LogP) is 11.6. The molecule has 53 heavy (non-hydrogen) atoms. The van der Waals surface area contributed by atoms with Crippen molar-refractivity contribution in [1.82, 2.24) is 15.2 Å². The number of hydrogen-bond donors (Lipinski definition) is 2. The van der Waals surface area contributed by atoms with Gasteiger partial charge in [0.2, 0.25) is 0 Å². The molecule has 0 spiro atoms. The highest BCUT2D eigenvalue weighted by Crippen LogP contribution is 2.52. The summed E-state index contributed by atoms with van der Waals surface area (Å²) in [5.41, 5.74) is 14.5. The molecule has 2 N–H and O–H groups in total. The van der Waals surface area contributed by atoms with E-state index in [1.54, 1.807) is 0 Å². The molecule has 2 aliphatic rings. The van der Waals surface area contributed by atoms with Gasteiger partial charge < -0.3 is 9.88 Å². The summed E-state index contributed by atoms with van der Waals surface area (Å²) in [7, 11) is 0. The van der Waals surface area contributed by atoms with Gasteiger partial charge in [-0.25, -0.2) is 4.99 Å². The SMILES string of the molecule is c1ccc(C2=NC(c3ccccc3)NC(c3ccc(-n4c5cccc6c5c5c(c(-c7ccccc7)ccc54)-c4cccc5cccc-6c45)cc3)N2)cc1. The summed E-state index contributed by atoms with van der Waals surface area (Å²) >= 11 is 0. The van der Waals surface area contributed by atoms with Gasteiger partial charge in [0.15, 0.2) is 0 Å². The van der Waals surface area contributed by atoms with Gasteiger partial charge in [-0.1, -0.05) is 158 Å². The highest BCUT2D eigenvalue weighted by atomic mass is 15.3. The van der Waals surface area contributed by atoms with E-state index < -0.39 is 0 Å². The van der Waals surface area contributed by atoms with Crippen molar-refractivity contribution in [3.8, 4) is 39.1 Å². The average Bonchev–Trinajstić information content (AvgIpc) is 3.52. The fourth-order valence-corrected chi connectivity index (χ4v) is 8.66. The largest absolute Gasteiger partial charge is 0.350 e. The molecule has 0 saturated heterocycles. The highest BCUT2D eigenvalue weighted by Gasteiger charge is 2.28. The summed E-state index contributed by atoms with van der Waals surface area (Å²) in [4.78, 5) is 5.10. The van der Waals surface area contributed by atoms with Crippen molar-refractivity contribution in [2.24, 2.45) is 4.99 Å². The quantitative estimate of drug-likeness (QED) is 0.190. The summed E-state index contributed by atoms with van der Waals surface area (Å²) in [5, 5.41) is 12.7. The van der Waals surface area contributed by atoms with Crippen LogP contribution in [0.1, 0.15) is 29.0 Å². The maximum absolute atomic E-state index is 5.10. The molecule has 2 unspecified atom stereocenters. The van der Waals surface area contributed by atoms with Crippen LogP contribution in [0.5, 0.6) is 0 Å². The zero-order chi connectivity index (χ0) is 34.9. The van der Waals surface area contributed by atoms with Crippen LogP contribution in [0.3, 0.4) is 0 Å². The third kappa shape index (κ3) is 4.70. The van der Waals surface area contributed by atoms with E-state index in [9.17, 15) is 0 Å². The van der Waals surface area contributed by atoms with Crippen LogP contribution >= 0.6 is 0 Å². The number of hydrogen-bond acceptors (Lipinski definition) is 3. The van der Waals surface area contributed by atoms with Gasteiger partial charge in [-0.05, 0) is 74.0 Å². The molecular weight excluding hydrogens is 645 g/mol. The number of aromatic nitrogens is 1. The van der Waals surface area contributed by atoms with Crippen molar-refractivity contribution >= 4 is 38.4 Å². The van der Waals surface area contributed by atoms with Crippen LogP contribution in [0, 0.1) is 0 Å². The third-order valence-electron chi connectivity index (χ3n) is 11.0. The van der Waals surface area contributed by atoms with E-state index >= 15 is 0 Å². The molecule has 11 rings (SSSR count). The Morgan fingerprint density at radius 1 is 0.434 bits per heavy atom. The van der Waals surface area contributed by atoms with Crippen LogP contribution in [0.15, 0.2) is 187 Å². The van der Waals surface area contributed by atoms with Gasteiger partial charge in [-0.3, -0.25) is 5.32 Å². The maximum atomic E-state index is 5.10. The molecule has 1 aliphatic carbocycles. The minimum Gasteiger partial charge on any atom is -0.350 e. The third-order valence-corrected chi connectivity index (χ3v) is 11.0. The number of benzene rings is 8. The molecule has 9 aromatic rings. The van der Waals surface area contributed by atoms with Crippen LogP contribution in [-0.4, -0.2) is 10.4 Å². The summed E-state index contributed by atoms with van der Waals surface area (Å²) in [6.07, 6.45) is -0.308. The van der Waals surface area contributed by atoms with Crippen molar-refractivity contribution in [2.45, 2.75) is 12.3 Å². The molecule has 2 heterocycles. The van der Waals surface area contributed by atoms with Crippen molar-refractivity contribution < 1.29 is 0 Å². The van der Waals surface area contributed by atoms with Gasteiger partial charge in [0.1, 0.15) is 18.2 Å².